The van der Waals surface area contributed by atoms with Gasteiger partial charge in [0.15, 0.2) is 0 Å². The van der Waals surface area contributed by atoms with Crippen molar-refractivity contribution in [2.45, 2.75) is 84.3 Å². The quantitative estimate of drug-likeness (QED) is 0.251. The number of aromatic nitrogens is 1. The highest BCUT2D eigenvalue weighted by Crippen LogP contribution is 2.66. The molecule has 44 heavy (non-hydrogen) atoms. The number of hydrogen-bond acceptors (Lipinski definition) is 5. The molecule has 7 nitrogen and oxygen atoms in total. The Balaban J connectivity index is 1.05. The maximum atomic E-state index is 12.9. The van der Waals surface area contributed by atoms with Gasteiger partial charge in [-0.05, 0) is 89.9 Å². The fourth-order valence-corrected chi connectivity index (χ4v) is 9.08. The molecular formula is C37H44N2O5. The Kier molecular flexibility index (Phi) is 8.49. The monoisotopic (exact) mass is 596 g/mol. The van der Waals surface area contributed by atoms with Crippen LogP contribution in [-0.2, 0) is 25.7 Å². The van der Waals surface area contributed by atoms with Crippen molar-refractivity contribution in [3.05, 3.63) is 83.7 Å². The number of aliphatic carboxylic acids is 1. The number of rotatable bonds is 9. The van der Waals surface area contributed by atoms with E-state index >= 15 is 0 Å². The van der Waals surface area contributed by atoms with Gasteiger partial charge in [0.25, 0.3) is 0 Å². The number of fused-ring (bicyclic) bond motifs is 5. The molecule has 2 saturated carbocycles. The highest BCUT2D eigenvalue weighted by atomic mass is 16.5. The maximum absolute atomic E-state index is 12.9. The van der Waals surface area contributed by atoms with Crippen molar-refractivity contribution in [2.75, 3.05) is 6.54 Å². The number of carboxylic acid groups (broad SMARTS) is 1. The fraction of sp³-hybridized carbons (Fsp3) is 0.514. The van der Waals surface area contributed by atoms with Crippen LogP contribution in [0.25, 0.3) is 5.57 Å². The normalized spacial score (nSPS) is 30.6. The molecule has 2 unspecified atom stereocenters. The van der Waals surface area contributed by atoms with Crippen LogP contribution in [-0.4, -0.2) is 45.5 Å². The molecule has 2 aromatic rings. The molecule has 4 aliphatic rings. The summed E-state index contributed by atoms with van der Waals surface area (Å²) in [5.41, 5.74) is 5.36. The zero-order chi connectivity index (χ0) is 30.9. The largest absolute Gasteiger partial charge is 0.480 e. The number of pyridine rings is 1. The van der Waals surface area contributed by atoms with Crippen LogP contribution in [0.5, 0.6) is 0 Å². The molecule has 1 aromatic carbocycles. The zero-order valence-electron chi connectivity index (χ0n) is 25.9. The van der Waals surface area contributed by atoms with Gasteiger partial charge in [0.05, 0.1) is 6.42 Å². The van der Waals surface area contributed by atoms with Crippen LogP contribution in [0.1, 0.15) is 82.8 Å². The Labute approximate surface area is 260 Å². The molecule has 7 heteroatoms. The second-order valence-electron chi connectivity index (χ2n) is 13.8. The third-order valence-electron chi connectivity index (χ3n) is 11.3. The molecule has 1 amide bonds. The van der Waals surface area contributed by atoms with E-state index in [-0.39, 0.29) is 48.2 Å². The van der Waals surface area contributed by atoms with E-state index in [1.54, 1.807) is 0 Å². The second-order valence-corrected chi connectivity index (χ2v) is 13.8. The number of esters is 1. The van der Waals surface area contributed by atoms with Crippen molar-refractivity contribution in [2.24, 2.45) is 28.6 Å². The molecule has 1 aromatic heterocycles. The molecule has 4 aliphatic carbocycles. The summed E-state index contributed by atoms with van der Waals surface area (Å²) >= 11 is 0. The SMILES string of the molecule is C[C@]12CC[C@H](OC(=O)CCC(=O)N(CC(=O)O)Cc3ccccc3)CC1=CC[C@@H]1C2CC[C@]2(C)C(c3cccnc3)=CCC12. The number of hydrogen-bond donors (Lipinski definition) is 1. The third-order valence-corrected chi connectivity index (χ3v) is 11.3. The zero-order valence-corrected chi connectivity index (χ0v) is 25.9. The Bertz CT molecular complexity index is 1450. The van der Waals surface area contributed by atoms with E-state index in [1.165, 1.54) is 34.5 Å². The van der Waals surface area contributed by atoms with Crippen molar-refractivity contribution < 1.29 is 24.2 Å². The Morgan fingerprint density at radius 2 is 1.75 bits per heavy atom. The molecule has 0 saturated heterocycles. The van der Waals surface area contributed by atoms with Gasteiger partial charge in [0, 0.05) is 31.8 Å². The minimum atomic E-state index is -1.08. The lowest BCUT2D eigenvalue weighted by Crippen LogP contribution is -2.50. The van der Waals surface area contributed by atoms with Crippen molar-refractivity contribution in [1.29, 1.82) is 0 Å². The lowest BCUT2D eigenvalue weighted by Gasteiger charge is -2.57. The van der Waals surface area contributed by atoms with Gasteiger partial charge in [-0.3, -0.25) is 19.4 Å². The first-order chi connectivity index (χ1) is 21.2. The van der Waals surface area contributed by atoms with Crippen LogP contribution < -0.4 is 0 Å². The van der Waals surface area contributed by atoms with Gasteiger partial charge in [0.2, 0.25) is 5.91 Å². The molecular weight excluding hydrogens is 552 g/mol. The lowest BCUT2D eigenvalue weighted by atomic mass is 9.47. The molecule has 6 atom stereocenters. The number of nitrogens with zero attached hydrogens (tertiary/aromatic N) is 2. The summed E-state index contributed by atoms with van der Waals surface area (Å²) in [7, 11) is 0. The molecule has 1 heterocycles. The Hall–Kier alpha value is -3.74. The average molecular weight is 597 g/mol. The number of ether oxygens (including phenoxy) is 1. The summed E-state index contributed by atoms with van der Waals surface area (Å²) in [4.78, 5) is 42.8. The summed E-state index contributed by atoms with van der Waals surface area (Å²) in [6.07, 6.45) is 15.7. The first-order valence-electron chi connectivity index (χ1n) is 16.2. The Morgan fingerprint density at radius 1 is 0.955 bits per heavy atom. The van der Waals surface area contributed by atoms with Crippen LogP contribution in [0.3, 0.4) is 0 Å². The molecule has 0 aliphatic heterocycles. The highest BCUT2D eigenvalue weighted by molar-refractivity contribution is 5.84. The molecule has 0 radical (unpaired) electrons. The second kappa shape index (κ2) is 12.3. The van der Waals surface area contributed by atoms with E-state index in [0.29, 0.717) is 17.8 Å². The number of allylic oxidation sites excluding steroid dienone is 3. The standard InChI is InChI=1S/C37H44N2O5/c1-36-18-16-28(44-35(43)15-14-33(40)39(24-34(41)42)23-25-7-4-3-5-8-25)21-27(36)10-11-29-31-13-12-30(26-9-6-20-38-22-26)37(31,2)19-17-32(29)36/h3-10,12,20,22,28-29,31-32H,11,13-19,21,23-24H2,1-2H3,(H,41,42)/t28-,29-,31?,32?,36-,37+/m0/s1. The van der Waals surface area contributed by atoms with Crippen molar-refractivity contribution >= 4 is 23.4 Å². The van der Waals surface area contributed by atoms with Gasteiger partial charge >= 0.3 is 11.9 Å². The van der Waals surface area contributed by atoms with Gasteiger partial charge < -0.3 is 14.7 Å². The summed E-state index contributed by atoms with van der Waals surface area (Å²) in [6.45, 7) is 4.72. The number of benzene rings is 1. The van der Waals surface area contributed by atoms with Crippen molar-refractivity contribution in [3.63, 3.8) is 0 Å². The Morgan fingerprint density at radius 3 is 2.50 bits per heavy atom. The van der Waals surface area contributed by atoms with Gasteiger partial charge in [0.1, 0.15) is 12.6 Å². The number of carbonyl (C=O) groups excluding carboxylic acids is 2. The van der Waals surface area contributed by atoms with Gasteiger partial charge in [-0.25, -0.2) is 0 Å². The predicted molar refractivity (Wildman–Crippen MR) is 168 cm³/mol. The van der Waals surface area contributed by atoms with Crippen LogP contribution >= 0.6 is 0 Å². The van der Waals surface area contributed by atoms with Gasteiger partial charge in [-0.2, -0.15) is 0 Å². The third kappa shape index (κ3) is 5.85. The molecule has 232 valence electrons. The van der Waals surface area contributed by atoms with E-state index in [9.17, 15) is 19.5 Å². The maximum Gasteiger partial charge on any atom is 0.323 e. The number of amides is 1. The smallest absolute Gasteiger partial charge is 0.323 e. The van der Waals surface area contributed by atoms with Crippen molar-refractivity contribution in [3.8, 4) is 0 Å². The van der Waals surface area contributed by atoms with Crippen LogP contribution in [0.2, 0.25) is 0 Å². The number of carbonyl (C=O) groups is 3. The minimum Gasteiger partial charge on any atom is -0.480 e. The average Bonchev–Trinajstić information content (AvgIpc) is 3.37. The van der Waals surface area contributed by atoms with Crippen LogP contribution in [0, 0.1) is 28.6 Å². The van der Waals surface area contributed by atoms with E-state index in [0.717, 1.165) is 37.7 Å². The lowest BCUT2D eigenvalue weighted by molar-refractivity contribution is -0.153. The topological polar surface area (TPSA) is 96.8 Å². The van der Waals surface area contributed by atoms with Gasteiger partial charge in [-0.15, -0.1) is 0 Å². The fourth-order valence-electron chi connectivity index (χ4n) is 9.08. The summed E-state index contributed by atoms with van der Waals surface area (Å²) < 4.78 is 5.92. The highest BCUT2D eigenvalue weighted by Gasteiger charge is 2.57. The first kappa shape index (κ1) is 30.3. The molecule has 0 spiro atoms. The van der Waals surface area contributed by atoms with Crippen molar-refractivity contribution in [1.82, 2.24) is 9.88 Å². The van der Waals surface area contributed by atoms with E-state index in [4.69, 9.17) is 4.74 Å². The molecule has 0 bridgehead atoms. The predicted octanol–water partition coefficient (Wildman–Crippen LogP) is 6.84. The summed E-state index contributed by atoms with van der Waals surface area (Å²) in [5, 5.41) is 9.31. The van der Waals surface area contributed by atoms with E-state index in [1.807, 2.05) is 48.8 Å². The molecule has 1 N–H and O–H groups in total. The first-order valence-corrected chi connectivity index (χ1v) is 16.2. The number of carboxylic acids is 1. The summed E-state index contributed by atoms with van der Waals surface area (Å²) in [6, 6.07) is 13.5. The summed E-state index contributed by atoms with van der Waals surface area (Å²) in [5.74, 6) is 0.115. The van der Waals surface area contributed by atoms with Gasteiger partial charge in [-0.1, -0.05) is 68.0 Å². The molecule has 2 fully saturated rings. The molecule has 6 rings (SSSR count). The minimum absolute atomic E-state index is 0.0478. The van der Waals surface area contributed by atoms with Crippen LogP contribution in [0.4, 0.5) is 0 Å². The van der Waals surface area contributed by atoms with E-state index < -0.39 is 12.5 Å². The van der Waals surface area contributed by atoms with Crippen LogP contribution in [0.15, 0.2) is 72.6 Å². The van der Waals surface area contributed by atoms with E-state index in [2.05, 4.69) is 37.0 Å².